The van der Waals surface area contributed by atoms with Gasteiger partial charge in [-0.1, -0.05) is 84.9 Å². The highest BCUT2D eigenvalue weighted by Gasteiger charge is 2.22. The molecule has 5 aromatic rings. The molecule has 0 N–H and O–H groups in total. The molecule has 0 saturated heterocycles. The highest BCUT2D eigenvalue weighted by molar-refractivity contribution is 5.56. The second-order valence-corrected chi connectivity index (χ2v) is 16.8. The third-order valence-corrected chi connectivity index (χ3v) is 11.8. The minimum Gasteiger partial charge on any atom is -0.491 e. The maximum absolute atomic E-state index is 6.80. The molecule has 0 fully saturated rings. The van der Waals surface area contributed by atoms with E-state index in [-0.39, 0.29) is 0 Å². The molecule has 14 nitrogen and oxygen atoms in total. The van der Waals surface area contributed by atoms with Gasteiger partial charge in [0.15, 0.2) is 11.5 Å². The van der Waals surface area contributed by atoms with Crippen LogP contribution in [0.2, 0.25) is 0 Å². The molecular weight excluding hydrogens is 897 g/mol. The highest BCUT2D eigenvalue weighted by Crippen LogP contribution is 2.39. The summed E-state index contributed by atoms with van der Waals surface area (Å²) in [5.74, 6) is 4.53. The van der Waals surface area contributed by atoms with Gasteiger partial charge in [-0.3, -0.25) is 0 Å². The number of hydrogen-bond acceptors (Lipinski definition) is 14. The van der Waals surface area contributed by atoms with E-state index in [0.717, 1.165) is 67.5 Å². The molecule has 12 bridgehead atoms. The lowest BCUT2D eigenvalue weighted by Crippen LogP contribution is -2.15. The fraction of sp³-hybridized carbons (Fsp3) is 0.464. The lowest BCUT2D eigenvalue weighted by molar-refractivity contribution is -0.0187. The fourth-order valence-electron chi connectivity index (χ4n) is 8.55. The predicted octanol–water partition coefficient (Wildman–Crippen LogP) is 7.50. The molecule has 0 unspecified atom stereocenters. The average molecular weight is 965 g/mol. The van der Waals surface area contributed by atoms with Gasteiger partial charge >= 0.3 is 0 Å². The van der Waals surface area contributed by atoms with Crippen LogP contribution in [-0.4, -0.2) is 145 Å². The second-order valence-electron chi connectivity index (χ2n) is 16.8. The van der Waals surface area contributed by atoms with Gasteiger partial charge in [0.1, 0.15) is 62.6 Å². The summed E-state index contributed by atoms with van der Waals surface area (Å²) in [6.45, 7) is 8.92. The van der Waals surface area contributed by atoms with E-state index < -0.39 is 0 Å². The summed E-state index contributed by atoms with van der Waals surface area (Å²) in [6.07, 6.45) is 2.21. The summed E-state index contributed by atoms with van der Waals surface area (Å²) in [5, 5.41) is 0. The summed E-state index contributed by atoms with van der Waals surface area (Å²) in [5.41, 5.74) is 8.21. The zero-order valence-electron chi connectivity index (χ0n) is 40.3. The Balaban J connectivity index is 1.15. The number of para-hydroxylation sites is 6. The Bertz CT molecular complexity index is 2070. The van der Waals surface area contributed by atoms with E-state index in [1.165, 1.54) is 0 Å². The molecular formula is C56H68O14. The van der Waals surface area contributed by atoms with Crippen molar-refractivity contribution in [2.75, 3.05) is 145 Å². The lowest BCUT2D eigenvalue weighted by atomic mass is 9.91. The molecule has 0 aromatic heterocycles. The largest absolute Gasteiger partial charge is 0.491 e. The third-order valence-electron chi connectivity index (χ3n) is 11.8. The molecule has 376 valence electrons. The van der Waals surface area contributed by atoms with E-state index in [1.54, 1.807) is 0 Å². The van der Waals surface area contributed by atoms with Gasteiger partial charge < -0.3 is 66.3 Å². The van der Waals surface area contributed by atoms with Crippen molar-refractivity contribution >= 4 is 0 Å². The summed E-state index contributed by atoms with van der Waals surface area (Å²) in [7, 11) is 0. The van der Waals surface area contributed by atoms with Crippen LogP contribution in [0.5, 0.6) is 34.5 Å². The third kappa shape index (κ3) is 15.8. The minimum absolute atomic E-state index is 0.329. The lowest BCUT2D eigenvalue weighted by Gasteiger charge is -2.23. The van der Waals surface area contributed by atoms with E-state index in [9.17, 15) is 0 Å². The molecule has 0 amide bonds. The molecule has 9 rings (SSSR count). The number of hydrogen-bond donors (Lipinski definition) is 0. The van der Waals surface area contributed by atoms with Crippen LogP contribution in [0.3, 0.4) is 0 Å². The van der Waals surface area contributed by atoms with Crippen molar-refractivity contribution in [2.45, 2.75) is 25.7 Å². The Labute approximate surface area is 412 Å². The Morgan fingerprint density at radius 1 is 0.186 bits per heavy atom. The molecule has 5 aromatic carbocycles. The highest BCUT2D eigenvalue weighted by atomic mass is 16.6. The van der Waals surface area contributed by atoms with Gasteiger partial charge in [-0.2, -0.15) is 0 Å². The quantitative estimate of drug-likeness (QED) is 0.139. The molecule has 0 spiro atoms. The molecule has 0 saturated carbocycles. The fourth-order valence-corrected chi connectivity index (χ4v) is 8.55. The number of benzene rings is 5. The van der Waals surface area contributed by atoms with Crippen molar-refractivity contribution in [3.05, 3.63) is 142 Å². The van der Waals surface area contributed by atoms with Gasteiger partial charge in [-0.25, -0.2) is 0 Å². The van der Waals surface area contributed by atoms with Crippen molar-refractivity contribution in [1.29, 1.82) is 0 Å². The van der Waals surface area contributed by atoms with Crippen LogP contribution in [0, 0.1) is 0 Å². The summed E-state index contributed by atoms with van der Waals surface area (Å²) in [6, 6.07) is 33.2. The molecule has 4 aliphatic rings. The van der Waals surface area contributed by atoms with Crippen LogP contribution in [0.25, 0.3) is 0 Å². The first-order valence-electron chi connectivity index (χ1n) is 24.7. The van der Waals surface area contributed by atoms with Crippen molar-refractivity contribution in [3.8, 4) is 34.5 Å². The number of fused-ring (bicyclic) bond motifs is 12. The molecule has 0 radical (unpaired) electrons. The first-order valence-corrected chi connectivity index (χ1v) is 24.7. The zero-order valence-corrected chi connectivity index (χ0v) is 40.3. The minimum atomic E-state index is 0.329. The monoisotopic (exact) mass is 964 g/mol. The van der Waals surface area contributed by atoms with E-state index in [4.69, 9.17) is 66.3 Å². The van der Waals surface area contributed by atoms with Crippen molar-refractivity contribution < 1.29 is 66.3 Å². The predicted molar refractivity (Wildman–Crippen MR) is 263 cm³/mol. The Morgan fingerprint density at radius 3 is 0.586 bits per heavy atom. The maximum atomic E-state index is 6.80. The molecule has 14 heteroatoms. The molecule has 1 aliphatic carbocycles. The average Bonchev–Trinajstić information content (AvgIpc) is 3.37. The van der Waals surface area contributed by atoms with E-state index >= 15 is 0 Å². The van der Waals surface area contributed by atoms with E-state index in [2.05, 4.69) is 72.8 Å². The smallest absolute Gasteiger partial charge is 0.161 e. The standard InChI is InChI=1S/C56H68O14/c1-2-16-52-51(15-1)65-33-27-63-31-37-69-55-47-11-5-12-48(55)40-44-8-4-10-46-42-50-14-6-13-49(56(50)70-38-32-64-28-34-66-52)41-45-9-3-7-43(39-47)53(45)67-35-29-61-25-23-59-21-19-57-17-18-58-20-22-60-24-26-62-30-36-68-54(44)46/h1-16H,17-42H2. The van der Waals surface area contributed by atoms with Crippen molar-refractivity contribution in [1.82, 2.24) is 0 Å². The zero-order chi connectivity index (χ0) is 47.7. The van der Waals surface area contributed by atoms with Gasteiger partial charge in [0.2, 0.25) is 0 Å². The van der Waals surface area contributed by atoms with Gasteiger partial charge in [0.25, 0.3) is 0 Å². The topological polar surface area (TPSA) is 129 Å². The Morgan fingerprint density at radius 2 is 0.371 bits per heavy atom. The van der Waals surface area contributed by atoms with Gasteiger partial charge in [-0.05, 0) is 56.6 Å². The summed E-state index contributed by atoms with van der Waals surface area (Å²) in [4.78, 5) is 0. The van der Waals surface area contributed by atoms with E-state index in [1.807, 2.05) is 24.3 Å². The van der Waals surface area contributed by atoms with Crippen LogP contribution in [0.1, 0.15) is 44.5 Å². The number of ether oxygens (including phenoxy) is 14. The first kappa shape index (κ1) is 51.0. The van der Waals surface area contributed by atoms with Gasteiger partial charge in [0.05, 0.1) is 106 Å². The van der Waals surface area contributed by atoms with Crippen LogP contribution in [0.4, 0.5) is 0 Å². The maximum Gasteiger partial charge on any atom is 0.161 e. The summed E-state index contributed by atoms with van der Waals surface area (Å²) < 4.78 is 86.3. The first-order chi connectivity index (χ1) is 34.8. The molecule has 3 aliphatic heterocycles. The molecule has 3 heterocycles. The summed E-state index contributed by atoms with van der Waals surface area (Å²) >= 11 is 0. The molecule has 70 heavy (non-hydrogen) atoms. The van der Waals surface area contributed by atoms with Crippen LogP contribution >= 0.6 is 0 Å². The number of rotatable bonds is 0. The van der Waals surface area contributed by atoms with Gasteiger partial charge in [-0.15, -0.1) is 0 Å². The SMILES string of the molecule is c1cc2c3c(c1)Cc1cccc4c1OCCOCCOc1ccccc1OCCOCCOc1c(cccc1Cc1cccc(c1OCCOCCOCCOCCOCCOCCOCCO3)C4)C2. The van der Waals surface area contributed by atoms with Crippen LogP contribution in [0.15, 0.2) is 97.1 Å². The Kier molecular flexibility index (Phi) is 21.1. The van der Waals surface area contributed by atoms with Crippen molar-refractivity contribution in [2.24, 2.45) is 0 Å². The molecule has 0 atom stereocenters. The Hall–Kier alpha value is -5.42. The second kappa shape index (κ2) is 29.1. The normalized spacial score (nSPS) is 18.5. The van der Waals surface area contributed by atoms with E-state index in [0.29, 0.717) is 183 Å². The van der Waals surface area contributed by atoms with Crippen LogP contribution in [-0.2, 0) is 63.6 Å². The van der Waals surface area contributed by atoms with Crippen LogP contribution < -0.4 is 28.4 Å². The van der Waals surface area contributed by atoms with Crippen molar-refractivity contribution in [3.63, 3.8) is 0 Å². The van der Waals surface area contributed by atoms with Gasteiger partial charge in [0, 0.05) is 25.7 Å².